The van der Waals surface area contributed by atoms with Gasteiger partial charge >= 0.3 is 6.09 Å². The topological polar surface area (TPSA) is 106 Å². The maximum atomic E-state index is 12.8. The number of ether oxygens (including phenoxy) is 1. The molecule has 0 aliphatic rings. The van der Waals surface area contributed by atoms with Gasteiger partial charge in [-0.15, -0.1) is 0 Å². The van der Waals surface area contributed by atoms with E-state index in [1.54, 1.807) is 27.7 Å². The molecule has 0 aliphatic heterocycles. The first-order chi connectivity index (χ1) is 11.7. The fourth-order valence-electron chi connectivity index (χ4n) is 2.20. The highest BCUT2D eigenvalue weighted by atomic mass is 32.2. The standard InChI is InChI=1S/C15H22N4O4S2/c1-8(6-16-13(22)23-15(2,3)4)19-9(7-20)17-11-10(12(19)21)18-14(24-5)25-11/h8,20H,6-7H2,1-5H3,(H,16,22)/t8-/m1/s1. The van der Waals surface area contributed by atoms with Gasteiger partial charge in [0.2, 0.25) is 0 Å². The Balaban J connectivity index is 2.27. The maximum Gasteiger partial charge on any atom is 0.407 e. The van der Waals surface area contributed by atoms with Crippen LogP contribution < -0.4 is 10.9 Å². The molecule has 0 unspecified atom stereocenters. The highest BCUT2D eigenvalue weighted by Crippen LogP contribution is 2.25. The molecule has 8 nitrogen and oxygen atoms in total. The second-order valence-corrected chi connectivity index (χ2v) is 8.46. The van der Waals surface area contributed by atoms with Crippen LogP contribution in [0.3, 0.4) is 0 Å². The van der Waals surface area contributed by atoms with Gasteiger partial charge in [0.05, 0.1) is 6.04 Å². The van der Waals surface area contributed by atoms with Crippen LogP contribution in [-0.2, 0) is 11.3 Å². The van der Waals surface area contributed by atoms with Crippen LogP contribution in [0.25, 0.3) is 10.3 Å². The Morgan fingerprint density at radius 1 is 1.44 bits per heavy atom. The number of nitrogens with zero attached hydrogens (tertiary/aromatic N) is 3. The third-order valence-corrected chi connectivity index (χ3v) is 5.15. The van der Waals surface area contributed by atoms with Crippen LogP contribution in [0.2, 0.25) is 0 Å². The quantitative estimate of drug-likeness (QED) is 0.758. The minimum Gasteiger partial charge on any atom is -0.444 e. The predicted octanol–water partition coefficient (Wildman–Crippen LogP) is 2.15. The summed E-state index contributed by atoms with van der Waals surface area (Å²) in [6.07, 6.45) is 1.31. The van der Waals surface area contributed by atoms with Crippen molar-refractivity contribution >= 4 is 39.5 Å². The first-order valence-electron chi connectivity index (χ1n) is 7.70. The van der Waals surface area contributed by atoms with E-state index in [-0.39, 0.29) is 30.1 Å². The minimum absolute atomic E-state index is 0.161. The van der Waals surface area contributed by atoms with Crippen molar-refractivity contribution in [2.24, 2.45) is 0 Å². The second kappa shape index (κ2) is 7.71. The molecule has 10 heteroatoms. The van der Waals surface area contributed by atoms with Crippen LogP contribution in [0.1, 0.15) is 39.6 Å². The lowest BCUT2D eigenvalue weighted by Gasteiger charge is -2.22. The number of rotatable bonds is 5. The summed E-state index contributed by atoms with van der Waals surface area (Å²) in [7, 11) is 0. The van der Waals surface area contributed by atoms with Crippen molar-refractivity contribution in [1.29, 1.82) is 0 Å². The van der Waals surface area contributed by atoms with E-state index in [2.05, 4.69) is 15.3 Å². The van der Waals surface area contributed by atoms with Crippen LogP contribution in [0, 0.1) is 0 Å². The molecule has 2 aromatic rings. The first kappa shape index (κ1) is 19.7. The van der Waals surface area contributed by atoms with Crippen LogP contribution in [-0.4, -0.2) is 44.1 Å². The Kier molecular flexibility index (Phi) is 6.07. The molecule has 1 amide bonds. The van der Waals surface area contributed by atoms with Crippen molar-refractivity contribution in [3.8, 4) is 0 Å². The van der Waals surface area contributed by atoms with Gasteiger partial charge in [-0.25, -0.2) is 14.8 Å². The number of aliphatic hydroxyl groups excluding tert-OH is 1. The number of thiazole rings is 1. The van der Waals surface area contributed by atoms with Crippen LogP contribution >= 0.6 is 23.1 Å². The Bertz CT molecular complexity index is 825. The highest BCUT2D eigenvalue weighted by molar-refractivity contribution is 8.00. The summed E-state index contributed by atoms with van der Waals surface area (Å²) in [5.74, 6) is 0.243. The average molecular weight is 386 g/mol. The molecular formula is C15H22N4O4S2. The monoisotopic (exact) mass is 386 g/mol. The molecule has 0 saturated heterocycles. The lowest BCUT2D eigenvalue weighted by molar-refractivity contribution is 0.0520. The van der Waals surface area contributed by atoms with E-state index < -0.39 is 17.7 Å². The number of aliphatic hydroxyl groups is 1. The zero-order chi connectivity index (χ0) is 18.8. The molecule has 2 N–H and O–H groups in total. The van der Waals surface area contributed by atoms with Gasteiger partial charge < -0.3 is 15.2 Å². The van der Waals surface area contributed by atoms with Gasteiger partial charge in [-0.2, -0.15) is 0 Å². The molecule has 138 valence electrons. The summed E-state index contributed by atoms with van der Waals surface area (Å²) < 4.78 is 7.28. The zero-order valence-electron chi connectivity index (χ0n) is 14.8. The molecule has 1 atom stereocenters. The SMILES string of the molecule is CSc1nc2c(=O)n([C@H](C)CNC(=O)OC(C)(C)C)c(CO)nc2s1. The van der Waals surface area contributed by atoms with E-state index in [0.717, 1.165) is 4.34 Å². The summed E-state index contributed by atoms with van der Waals surface area (Å²) in [6, 6.07) is -0.418. The van der Waals surface area contributed by atoms with E-state index >= 15 is 0 Å². The van der Waals surface area contributed by atoms with Crippen molar-refractivity contribution in [1.82, 2.24) is 19.9 Å². The number of fused-ring (bicyclic) bond motifs is 1. The Hall–Kier alpha value is -1.65. The molecular weight excluding hydrogens is 364 g/mol. The van der Waals surface area contributed by atoms with Crippen molar-refractivity contribution in [2.75, 3.05) is 12.8 Å². The molecule has 0 aliphatic carbocycles. The van der Waals surface area contributed by atoms with E-state index in [9.17, 15) is 14.7 Å². The fourth-order valence-corrected chi connectivity index (χ4v) is 3.64. The molecule has 2 rings (SSSR count). The third-order valence-electron chi connectivity index (χ3n) is 3.22. The van der Waals surface area contributed by atoms with Crippen molar-refractivity contribution in [2.45, 2.75) is 50.3 Å². The van der Waals surface area contributed by atoms with Gasteiger partial charge in [-0.1, -0.05) is 23.1 Å². The number of carbonyl (C=O) groups is 1. The molecule has 0 aromatic carbocycles. The summed E-state index contributed by atoms with van der Waals surface area (Å²) in [4.78, 5) is 33.7. The first-order valence-corrected chi connectivity index (χ1v) is 9.74. The Morgan fingerprint density at radius 3 is 2.68 bits per heavy atom. The number of amides is 1. The van der Waals surface area contributed by atoms with Crippen molar-refractivity contribution in [3.05, 3.63) is 16.2 Å². The summed E-state index contributed by atoms with van der Waals surface area (Å²) in [6.45, 7) is 6.85. The smallest absolute Gasteiger partial charge is 0.407 e. The van der Waals surface area contributed by atoms with Gasteiger partial charge in [0.25, 0.3) is 5.56 Å². The summed E-state index contributed by atoms with van der Waals surface area (Å²) in [5, 5.41) is 12.2. The number of aromatic nitrogens is 3. The number of carbonyl (C=O) groups excluding carboxylic acids is 1. The van der Waals surface area contributed by atoms with Crippen LogP contribution in [0.15, 0.2) is 9.13 Å². The predicted molar refractivity (Wildman–Crippen MR) is 98.3 cm³/mol. The zero-order valence-corrected chi connectivity index (χ0v) is 16.5. The molecule has 0 spiro atoms. The molecule has 0 bridgehead atoms. The van der Waals surface area contributed by atoms with Crippen LogP contribution in [0.4, 0.5) is 4.79 Å². The van der Waals surface area contributed by atoms with Gasteiger partial charge in [0, 0.05) is 6.54 Å². The number of thioether (sulfide) groups is 1. The number of nitrogens with one attached hydrogen (secondary N) is 1. The van der Waals surface area contributed by atoms with E-state index in [4.69, 9.17) is 4.74 Å². The highest BCUT2D eigenvalue weighted by Gasteiger charge is 2.21. The Labute approximate surface area is 153 Å². The van der Waals surface area contributed by atoms with Gasteiger partial charge in [-0.3, -0.25) is 9.36 Å². The van der Waals surface area contributed by atoms with E-state index in [1.807, 2.05) is 6.26 Å². The van der Waals surface area contributed by atoms with Gasteiger partial charge in [-0.05, 0) is 34.0 Å². The van der Waals surface area contributed by atoms with E-state index in [0.29, 0.717) is 4.83 Å². The largest absolute Gasteiger partial charge is 0.444 e. The minimum atomic E-state index is -0.601. The van der Waals surface area contributed by atoms with E-state index in [1.165, 1.54) is 27.7 Å². The molecule has 25 heavy (non-hydrogen) atoms. The van der Waals surface area contributed by atoms with Crippen molar-refractivity contribution < 1.29 is 14.6 Å². The number of hydrogen-bond acceptors (Lipinski definition) is 8. The average Bonchev–Trinajstić information content (AvgIpc) is 2.94. The van der Waals surface area contributed by atoms with Gasteiger partial charge in [0.15, 0.2) is 14.7 Å². The second-order valence-electron chi connectivity index (χ2n) is 6.43. The number of alkyl carbamates (subject to hydrolysis) is 1. The molecule has 0 fully saturated rings. The number of hydrogen-bond donors (Lipinski definition) is 2. The molecule has 2 aromatic heterocycles. The lowest BCUT2D eigenvalue weighted by atomic mass is 10.2. The van der Waals surface area contributed by atoms with Crippen molar-refractivity contribution in [3.63, 3.8) is 0 Å². The fraction of sp³-hybridized carbons (Fsp3) is 0.600. The molecule has 0 radical (unpaired) electrons. The molecule has 0 saturated carbocycles. The lowest BCUT2D eigenvalue weighted by Crippen LogP contribution is -2.38. The summed E-state index contributed by atoms with van der Waals surface area (Å²) >= 11 is 2.75. The Morgan fingerprint density at radius 2 is 2.12 bits per heavy atom. The summed E-state index contributed by atoms with van der Waals surface area (Å²) in [5.41, 5.74) is -0.657. The van der Waals surface area contributed by atoms with Crippen LogP contribution in [0.5, 0.6) is 0 Å². The van der Waals surface area contributed by atoms with Gasteiger partial charge in [0.1, 0.15) is 18.0 Å². The third kappa shape index (κ3) is 4.71. The maximum absolute atomic E-state index is 12.8. The normalized spacial score (nSPS) is 13.0. The molecule has 2 heterocycles.